The third-order valence-electron chi connectivity index (χ3n) is 2.42. The molecule has 4 heteroatoms. The average molecular weight is 208 g/mol. The molecular formula is C10H15F3O. The van der Waals surface area contributed by atoms with Gasteiger partial charge in [0.25, 0.3) is 0 Å². The van der Waals surface area contributed by atoms with E-state index in [1.165, 1.54) is 39.8 Å². The third kappa shape index (κ3) is 2.00. The van der Waals surface area contributed by atoms with Crippen molar-refractivity contribution in [3.63, 3.8) is 0 Å². The van der Waals surface area contributed by atoms with E-state index >= 15 is 0 Å². The quantitative estimate of drug-likeness (QED) is 0.691. The number of rotatable bonds is 2. The summed E-state index contributed by atoms with van der Waals surface area (Å²) >= 11 is 0. The topological polar surface area (TPSA) is 20.2 Å². The van der Waals surface area contributed by atoms with Gasteiger partial charge in [-0.1, -0.05) is 12.2 Å². The first-order chi connectivity index (χ1) is 6.21. The zero-order chi connectivity index (χ0) is 11.6. The maximum absolute atomic E-state index is 12.6. The summed E-state index contributed by atoms with van der Waals surface area (Å²) in [5.74, 6) is 0. The normalized spacial score (nSPS) is 19.4. The summed E-state index contributed by atoms with van der Waals surface area (Å²) in [6.07, 6.45) is -2.15. The van der Waals surface area contributed by atoms with Gasteiger partial charge < -0.3 is 5.11 Å². The van der Waals surface area contributed by atoms with Crippen LogP contribution in [0.15, 0.2) is 23.3 Å². The Balaban J connectivity index is 5.52. The Labute approximate surface area is 81.9 Å². The molecule has 0 unspecified atom stereocenters. The van der Waals surface area contributed by atoms with Gasteiger partial charge in [-0.15, -0.1) is 0 Å². The van der Waals surface area contributed by atoms with Crippen LogP contribution in [-0.4, -0.2) is 16.9 Å². The highest BCUT2D eigenvalue weighted by Crippen LogP contribution is 2.41. The van der Waals surface area contributed by atoms with Crippen molar-refractivity contribution in [2.75, 3.05) is 0 Å². The lowest BCUT2D eigenvalue weighted by Gasteiger charge is -2.32. The van der Waals surface area contributed by atoms with E-state index in [-0.39, 0.29) is 11.1 Å². The lowest BCUT2D eigenvalue weighted by Crippen LogP contribution is -2.47. The Morgan fingerprint density at radius 3 is 1.43 bits per heavy atom. The minimum Gasteiger partial charge on any atom is -0.373 e. The summed E-state index contributed by atoms with van der Waals surface area (Å²) in [5, 5.41) is 9.62. The van der Waals surface area contributed by atoms with E-state index in [1.807, 2.05) is 0 Å². The van der Waals surface area contributed by atoms with Gasteiger partial charge in [-0.3, -0.25) is 0 Å². The number of halogens is 3. The molecule has 0 saturated heterocycles. The summed E-state index contributed by atoms with van der Waals surface area (Å²) in [4.78, 5) is 0. The fourth-order valence-corrected chi connectivity index (χ4v) is 1.18. The molecule has 0 rings (SSSR count). The molecule has 0 aliphatic carbocycles. The second-order valence-electron chi connectivity index (χ2n) is 3.15. The molecule has 1 N–H and O–H groups in total. The van der Waals surface area contributed by atoms with Gasteiger partial charge in [0.15, 0.2) is 0 Å². The fraction of sp³-hybridized carbons (Fsp3) is 0.600. The Kier molecular flexibility index (Phi) is 3.94. The lowest BCUT2D eigenvalue weighted by atomic mass is 9.86. The predicted octanol–water partition coefficient (Wildman–Crippen LogP) is 3.21. The first-order valence-corrected chi connectivity index (χ1v) is 4.27. The Hall–Kier alpha value is -0.770. The van der Waals surface area contributed by atoms with Crippen molar-refractivity contribution in [1.82, 2.24) is 0 Å². The van der Waals surface area contributed by atoms with Crippen molar-refractivity contribution in [2.24, 2.45) is 0 Å². The van der Waals surface area contributed by atoms with Gasteiger partial charge in [0, 0.05) is 0 Å². The van der Waals surface area contributed by atoms with Crippen LogP contribution >= 0.6 is 0 Å². The van der Waals surface area contributed by atoms with Crippen LogP contribution in [-0.2, 0) is 0 Å². The summed E-state index contributed by atoms with van der Waals surface area (Å²) in [7, 11) is 0. The van der Waals surface area contributed by atoms with Crippen LogP contribution in [0.3, 0.4) is 0 Å². The minimum atomic E-state index is -4.68. The lowest BCUT2D eigenvalue weighted by molar-refractivity contribution is -0.228. The van der Waals surface area contributed by atoms with E-state index in [0.717, 1.165) is 0 Å². The molecular weight excluding hydrogens is 193 g/mol. The molecule has 0 saturated carbocycles. The Morgan fingerprint density at radius 1 is 1.00 bits per heavy atom. The van der Waals surface area contributed by atoms with Crippen molar-refractivity contribution in [1.29, 1.82) is 0 Å². The molecule has 0 aliphatic heterocycles. The molecule has 0 aliphatic rings. The van der Waals surface area contributed by atoms with Gasteiger partial charge in [0.2, 0.25) is 5.60 Å². The maximum atomic E-state index is 12.6. The van der Waals surface area contributed by atoms with Gasteiger partial charge in [-0.2, -0.15) is 13.2 Å². The highest BCUT2D eigenvalue weighted by Gasteiger charge is 2.55. The van der Waals surface area contributed by atoms with Crippen LogP contribution in [0, 0.1) is 0 Å². The maximum Gasteiger partial charge on any atom is 0.425 e. The van der Waals surface area contributed by atoms with Crippen LogP contribution in [0.2, 0.25) is 0 Å². The fourth-order valence-electron chi connectivity index (χ4n) is 1.18. The zero-order valence-electron chi connectivity index (χ0n) is 8.74. The monoisotopic (exact) mass is 208 g/mol. The molecule has 0 atom stereocenters. The van der Waals surface area contributed by atoms with Gasteiger partial charge in [-0.05, 0) is 38.8 Å². The number of aliphatic hydroxyl groups is 1. The first-order valence-electron chi connectivity index (χ1n) is 4.27. The Bertz CT molecular complexity index is 243. The van der Waals surface area contributed by atoms with Gasteiger partial charge in [0.05, 0.1) is 0 Å². The molecule has 0 radical (unpaired) electrons. The molecule has 0 heterocycles. The van der Waals surface area contributed by atoms with Crippen LogP contribution < -0.4 is 0 Å². The van der Waals surface area contributed by atoms with Crippen molar-refractivity contribution in [3.05, 3.63) is 23.3 Å². The minimum absolute atomic E-state index is 0.111. The number of hydrogen-bond acceptors (Lipinski definition) is 1. The molecule has 0 amide bonds. The van der Waals surface area contributed by atoms with E-state index in [4.69, 9.17) is 0 Å². The van der Waals surface area contributed by atoms with E-state index < -0.39 is 11.8 Å². The van der Waals surface area contributed by atoms with E-state index in [9.17, 15) is 18.3 Å². The van der Waals surface area contributed by atoms with E-state index in [0.29, 0.717) is 0 Å². The molecule has 1 nitrogen and oxygen atoms in total. The van der Waals surface area contributed by atoms with Gasteiger partial charge >= 0.3 is 6.18 Å². The second kappa shape index (κ2) is 4.17. The summed E-state index contributed by atoms with van der Waals surface area (Å²) in [5.41, 5.74) is -3.04. The number of allylic oxidation sites excluding steroid dienone is 2. The van der Waals surface area contributed by atoms with E-state index in [2.05, 4.69) is 0 Å². The highest BCUT2D eigenvalue weighted by atomic mass is 19.4. The van der Waals surface area contributed by atoms with Crippen molar-refractivity contribution < 1.29 is 18.3 Å². The van der Waals surface area contributed by atoms with Crippen LogP contribution in [0.4, 0.5) is 13.2 Å². The molecule has 0 fully saturated rings. The van der Waals surface area contributed by atoms with Crippen molar-refractivity contribution in [2.45, 2.75) is 39.5 Å². The molecule has 14 heavy (non-hydrogen) atoms. The standard InChI is InChI=1S/C10H15F3O/c1-5-7(3)9(14,8(4)6-2)10(11,12)13/h5-6,14H,1-4H3/b7-5+,8-6+. The van der Waals surface area contributed by atoms with Crippen molar-refractivity contribution >= 4 is 0 Å². The number of alkyl halides is 3. The second-order valence-corrected chi connectivity index (χ2v) is 3.15. The largest absolute Gasteiger partial charge is 0.425 e. The first kappa shape index (κ1) is 13.2. The Morgan fingerprint density at radius 2 is 1.29 bits per heavy atom. The third-order valence-corrected chi connectivity index (χ3v) is 2.42. The van der Waals surface area contributed by atoms with Gasteiger partial charge in [-0.25, -0.2) is 0 Å². The van der Waals surface area contributed by atoms with Gasteiger partial charge in [0.1, 0.15) is 0 Å². The smallest absolute Gasteiger partial charge is 0.373 e. The zero-order valence-corrected chi connectivity index (χ0v) is 8.74. The molecule has 82 valence electrons. The van der Waals surface area contributed by atoms with Crippen LogP contribution in [0.25, 0.3) is 0 Å². The van der Waals surface area contributed by atoms with Crippen LogP contribution in [0.1, 0.15) is 27.7 Å². The van der Waals surface area contributed by atoms with E-state index in [1.54, 1.807) is 0 Å². The predicted molar refractivity (Wildman–Crippen MR) is 49.9 cm³/mol. The summed E-state index contributed by atoms with van der Waals surface area (Å²) < 4.78 is 37.9. The van der Waals surface area contributed by atoms with Crippen molar-refractivity contribution in [3.8, 4) is 0 Å². The molecule has 0 bridgehead atoms. The molecule has 0 spiro atoms. The average Bonchev–Trinajstić information content (AvgIpc) is 2.12. The SMILES string of the molecule is C/C=C(\C)C(O)(/C(C)=C/C)C(F)(F)F. The summed E-state index contributed by atoms with van der Waals surface area (Å²) in [6, 6.07) is 0. The number of hydrogen-bond donors (Lipinski definition) is 1. The highest BCUT2D eigenvalue weighted by molar-refractivity contribution is 5.32. The van der Waals surface area contributed by atoms with Crippen LogP contribution in [0.5, 0.6) is 0 Å². The summed E-state index contributed by atoms with van der Waals surface area (Å²) in [6.45, 7) is 5.46. The molecule has 0 aromatic rings. The molecule has 0 aromatic carbocycles. The molecule has 0 aromatic heterocycles.